The van der Waals surface area contributed by atoms with Crippen LogP contribution in [0.1, 0.15) is 12.8 Å². The average Bonchev–Trinajstić information content (AvgIpc) is 2.64. The zero-order valence-corrected chi connectivity index (χ0v) is 9.67. The van der Waals surface area contributed by atoms with Crippen LogP contribution in [0, 0.1) is 5.82 Å². The Labute approximate surface area is 102 Å². The van der Waals surface area contributed by atoms with Gasteiger partial charge >= 0.3 is 11.4 Å². The molecule has 0 amide bonds. The van der Waals surface area contributed by atoms with Gasteiger partial charge < -0.3 is 0 Å². The molecular formula is C12H12FN3O2. The molecular weight excluding hydrogens is 237 g/mol. The first-order valence-electron chi connectivity index (χ1n) is 5.87. The highest BCUT2D eigenvalue weighted by Crippen LogP contribution is 2.07. The van der Waals surface area contributed by atoms with Gasteiger partial charge in [-0.25, -0.2) is 27.9 Å². The molecule has 0 bridgehead atoms. The van der Waals surface area contributed by atoms with Crippen molar-refractivity contribution in [1.82, 2.24) is 13.9 Å². The van der Waals surface area contributed by atoms with E-state index < -0.39 is 5.82 Å². The summed E-state index contributed by atoms with van der Waals surface area (Å²) >= 11 is 0. The maximum Gasteiger partial charge on any atom is 0.351 e. The molecule has 0 aliphatic carbocycles. The molecule has 0 N–H and O–H groups in total. The summed E-state index contributed by atoms with van der Waals surface area (Å²) in [6.45, 7) is 1.12. The summed E-state index contributed by atoms with van der Waals surface area (Å²) in [5.74, 6) is -0.393. The number of rotatable bonds is 1. The monoisotopic (exact) mass is 249 g/mol. The van der Waals surface area contributed by atoms with Crippen molar-refractivity contribution in [1.29, 1.82) is 0 Å². The molecule has 18 heavy (non-hydrogen) atoms. The molecule has 0 saturated carbocycles. The lowest BCUT2D eigenvalue weighted by molar-refractivity contribution is 0.348. The van der Waals surface area contributed by atoms with E-state index in [1.54, 1.807) is 0 Å². The van der Waals surface area contributed by atoms with Crippen molar-refractivity contribution in [2.75, 3.05) is 0 Å². The second-order valence-corrected chi connectivity index (χ2v) is 4.33. The number of aromatic nitrogens is 3. The standard InChI is InChI=1S/C12H12FN3O2/c13-9-3-5-10(6-4-9)16-11(17)14-7-1-2-8-15(14)12(16)18/h3-6H,1-2,7-8H2. The van der Waals surface area contributed by atoms with Crippen molar-refractivity contribution in [3.05, 3.63) is 51.1 Å². The Hall–Kier alpha value is -2.11. The molecule has 6 heteroatoms. The Balaban J connectivity index is 2.24. The van der Waals surface area contributed by atoms with E-state index in [2.05, 4.69) is 0 Å². The largest absolute Gasteiger partial charge is 0.351 e. The van der Waals surface area contributed by atoms with Gasteiger partial charge in [-0.05, 0) is 37.1 Å². The Morgan fingerprint density at radius 2 is 1.39 bits per heavy atom. The van der Waals surface area contributed by atoms with Gasteiger partial charge in [0.25, 0.3) is 0 Å². The van der Waals surface area contributed by atoms with Crippen LogP contribution in [-0.4, -0.2) is 13.9 Å². The molecule has 2 heterocycles. The summed E-state index contributed by atoms with van der Waals surface area (Å²) in [6.07, 6.45) is 1.79. The van der Waals surface area contributed by atoms with Crippen molar-refractivity contribution in [3.63, 3.8) is 0 Å². The first kappa shape index (κ1) is 11.0. The average molecular weight is 249 g/mol. The quantitative estimate of drug-likeness (QED) is 0.748. The molecule has 0 spiro atoms. The fourth-order valence-corrected chi connectivity index (χ4v) is 2.29. The number of benzene rings is 1. The van der Waals surface area contributed by atoms with E-state index in [-0.39, 0.29) is 11.4 Å². The van der Waals surface area contributed by atoms with Crippen LogP contribution >= 0.6 is 0 Å². The van der Waals surface area contributed by atoms with Crippen LogP contribution in [0.15, 0.2) is 33.9 Å². The lowest BCUT2D eigenvalue weighted by atomic mass is 10.3. The van der Waals surface area contributed by atoms with Gasteiger partial charge in [-0.3, -0.25) is 0 Å². The third kappa shape index (κ3) is 1.53. The summed E-state index contributed by atoms with van der Waals surface area (Å²) in [5.41, 5.74) is -0.307. The fourth-order valence-electron chi connectivity index (χ4n) is 2.29. The molecule has 2 aromatic rings. The van der Waals surface area contributed by atoms with Crippen molar-refractivity contribution < 1.29 is 4.39 Å². The molecule has 1 aliphatic heterocycles. The third-order valence-corrected chi connectivity index (χ3v) is 3.19. The molecule has 1 aliphatic rings. The van der Waals surface area contributed by atoms with E-state index in [1.165, 1.54) is 33.6 Å². The number of fused-ring (bicyclic) bond motifs is 1. The predicted molar refractivity (Wildman–Crippen MR) is 63.5 cm³/mol. The maximum atomic E-state index is 12.9. The van der Waals surface area contributed by atoms with Gasteiger partial charge in [0.2, 0.25) is 0 Å². The molecule has 1 aromatic carbocycles. The van der Waals surface area contributed by atoms with Gasteiger partial charge in [0.15, 0.2) is 0 Å². The van der Waals surface area contributed by atoms with Crippen LogP contribution < -0.4 is 11.4 Å². The SMILES string of the molecule is O=c1n(-c2ccc(F)cc2)c(=O)n2n1CCCC2. The van der Waals surface area contributed by atoms with E-state index in [1.807, 2.05) is 0 Å². The Kier molecular flexibility index (Phi) is 2.43. The molecule has 1 aromatic heterocycles. The predicted octanol–water partition coefficient (Wildman–Crippen LogP) is 0.734. The van der Waals surface area contributed by atoms with Crippen molar-refractivity contribution in [3.8, 4) is 5.69 Å². The summed E-state index contributed by atoms with van der Waals surface area (Å²) in [6, 6.07) is 5.35. The summed E-state index contributed by atoms with van der Waals surface area (Å²) in [4.78, 5) is 24.3. The van der Waals surface area contributed by atoms with Crippen LogP contribution in [-0.2, 0) is 13.1 Å². The van der Waals surface area contributed by atoms with E-state index in [0.29, 0.717) is 18.8 Å². The van der Waals surface area contributed by atoms with Crippen LogP contribution in [0.2, 0.25) is 0 Å². The summed E-state index contributed by atoms with van der Waals surface area (Å²) in [7, 11) is 0. The summed E-state index contributed by atoms with van der Waals surface area (Å²) in [5, 5.41) is 0. The third-order valence-electron chi connectivity index (χ3n) is 3.19. The summed E-state index contributed by atoms with van der Waals surface area (Å²) < 4.78 is 16.8. The Morgan fingerprint density at radius 1 is 0.889 bits per heavy atom. The number of nitrogens with zero attached hydrogens (tertiary/aromatic N) is 3. The van der Waals surface area contributed by atoms with E-state index in [0.717, 1.165) is 17.4 Å². The zero-order valence-electron chi connectivity index (χ0n) is 9.67. The normalized spacial score (nSPS) is 14.5. The minimum atomic E-state index is -0.393. The van der Waals surface area contributed by atoms with Gasteiger partial charge in [-0.2, -0.15) is 0 Å². The smallest absolute Gasteiger partial charge is 0.246 e. The van der Waals surface area contributed by atoms with Crippen molar-refractivity contribution >= 4 is 0 Å². The lowest BCUT2D eigenvalue weighted by Gasteiger charge is -2.13. The molecule has 94 valence electrons. The molecule has 5 nitrogen and oxygen atoms in total. The van der Waals surface area contributed by atoms with E-state index in [4.69, 9.17) is 0 Å². The van der Waals surface area contributed by atoms with Gasteiger partial charge in [-0.15, -0.1) is 0 Å². The van der Waals surface area contributed by atoms with Crippen LogP contribution in [0.5, 0.6) is 0 Å². The molecule has 0 saturated heterocycles. The van der Waals surface area contributed by atoms with Crippen LogP contribution in [0.25, 0.3) is 5.69 Å². The highest BCUT2D eigenvalue weighted by atomic mass is 19.1. The topological polar surface area (TPSA) is 48.9 Å². The highest BCUT2D eigenvalue weighted by Gasteiger charge is 2.19. The second kappa shape index (κ2) is 3.97. The van der Waals surface area contributed by atoms with Gasteiger partial charge in [0, 0.05) is 13.1 Å². The number of hydrogen-bond donors (Lipinski definition) is 0. The minimum absolute atomic E-state index is 0.355. The first-order chi connectivity index (χ1) is 8.68. The Morgan fingerprint density at radius 3 is 1.89 bits per heavy atom. The van der Waals surface area contributed by atoms with Gasteiger partial charge in [-0.1, -0.05) is 0 Å². The van der Waals surface area contributed by atoms with Crippen LogP contribution in [0.4, 0.5) is 4.39 Å². The molecule has 0 radical (unpaired) electrons. The minimum Gasteiger partial charge on any atom is -0.246 e. The maximum absolute atomic E-state index is 12.9. The Bertz CT molecular complexity index is 656. The molecule has 0 unspecified atom stereocenters. The van der Waals surface area contributed by atoms with E-state index in [9.17, 15) is 14.0 Å². The zero-order chi connectivity index (χ0) is 12.7. The van der Waals surface area contributed by atoms with Crippen LogP contribution in [0.3, 0.4) is 0 Å². The first-order valence-corrected chi connectivity index (χ1v) is 5.87. The van der Waals surface area contributed by atoms with Crippen molar-refractivity contribution in [2.24, 2.45) is 0 Å². The second-order valence-electron chi connectivity index (χ2n) is 4.33. The van der Waals surface area contributed by atoms with Crippen molar-refractivity contribution in [2.45, 2.75) is 25.9 Å². The van der Waals surface area contributed by atoms with Gasteiger partial charge in [0.1, 0.15) is 5.82 Å². The molecule has 0 fully saturated rings. The molecule has 3 rings (SSSR count). The molecule has 0 atom stereocenters. The lowest BCUT2D eigenvalue weighted by Crippen LogP contribution is -2.30. The number of hydrogen-bond acceptors (Lipinski definition) is 2. The van der Waals surface area contributed by atoms with E-state index >= 15 is 0 Å². The highest BCUT2D eigenvalue weighted by molar-refractivity contribution is 5.31. The number of halogens is 1. The fraction of sp³-hybridized carbons (Fsp3) is 0.333. The van der Waals surface area contributed by atoms with Gasteiger partial charge in [0.05, 0.1) is 5.69 Å².